The van der Waals surface area contributed by atoms with Crippen molar-refractivity contribution >= 4 is 17.5 Å². The second kappa shape index (κ2) is 8.03. The second-order valence-electron chi connectivity index (χ2n) is 8.13. The first-order chi connectivity index (χ1) is 14.6. The van der Waals surface area contributed by atoms with Gasteiger partial charge in [-0.1, -0.05) is 0 Å². The van der Waals surface area contributed by atoms with Gasteiger partial charge in [0.2, 0.25) is 0 Å². The molecule has 4 rings (SSSR count). The Bertz CT molecular complexity index is 937. The lowest BCUT2D eigenvalue weighted by Gasteiger charge is -2.34. The number of alkyl halides is 3. The molecule has 0 radical (unpaired) electrons. The van der Waals surface area contributed by atoms with Crippen LogP contribution in [0.5, 0.6) is 5.75 Å². The van der Waals surface area contributed by atoms with Crippen LogP contribution in [0.1, 0.15) is 49.8 Å². The molecule has 168 valence electrons. The molecule has 2 aromatic rings. The normalized spacial score (nSPS) is 22.4. The third kappa shape index (κ3) is 4.18. The van der Waals surface area contributed by atoms with Crippen molar-refractivity contribution in [3.8, 4) is 5.75 Å². The summed E-state index contributed by atoms with van der Waals surface area (Å²) in [7, 11) is 0. The van der Waals surface area contributed by atoms with E-state index in [2.05, 4.69) is 25.4 Å². The number of aromatic nitrogens is 3. The second-order valence-corrected chi connectivity index (χ2v) is 8.13. The van der Waals surface area contributed by atoms with E-state index in [0.717, 1.165) is 5.82 Å². The van der Waals surface area contributed by atoms with Crippen molar-refractivity contribution in [1.29, 1.82) is 0 Å². The van der Waals surface area contributed by atoms with E-state index in [1.165, 1.54) is 0 Å². The minimum atomic E-state index is -4.77. The Balaban J connectivity index is 1.50. The number of piperidine rings is 1. The van der Waals surface area contributed by atoms with Crippen molar-refractivity contribution < 1.29 is 27.8 Å². The smallest absolute Gasteiger partial charge is 0.398 e. The van der Waals surface area contributed by atoms with Gasteiger partial charge in [-0.15, -0.1) is 0 Å². The van der Waals surface area contributed by atoms with Gasteiger partial charge in [-0.2, -0.15) is 18.3 Å². The number of nitrogens with one attached hydrogen (secondary N) is 2. The fourth-order valence-electron chi connectivity index (χ4n) is 4.22. The molecule has 2 aromatic heterocycles. The minimum absolute atomic E-state index is 0.0481. The molecule has 8 nitrogen and oxygen atoms in total. The molecule has 31 heavy (non-hydrogen) atoms. The van der Waals surface area contributed by atoms with E-state index >= 15 is 0 Å². The molecule has 2 aliphatic rings. The lowest BCUT2D eigenvalue weighted by Crippen LogP contribution is -2.44. The molecule has 0 unspecified atom stereocenters. The Morgan fingerprint density at radius 1 is 1.26 bits per heavy atom. The number of rotatable bonds is 4. The molecule has 3 N–H and O–H groups in total. The zero-order chi connectivity index (χ0) is 22.3. The Labute approximate surface area is 176 Å². The number of carbonyl (C=O) groups is 1. The highest BCUT2D eigenvalue weighted by Crippen LogP contribution is 2.47. The number of amides is 1. The maximum atomic E-state index is 13.7. The molecule has 1 saturated heterocycles. The highest BCUT2D eigenvalue weighted by Gasteiger charge is 2.53. The number of pyridine rings is 1. The predicted octanol–water partition coefficient (Wildman–Crippen LogP) is 2.93. The summed E-state index contributed by atoms with van der Waals surface area (Å²) in [6, 6.07) is 3.70. The molecule has 2 atom stereocenters. The van der Waals surface area contributed by atoms with Crippen LogP contribution < -0.4 is 15.0 Å². The van der Waals surface area contributed by atoms with Crippen LogP contribution in [0.2, 0.25) is 0 Å². The van der Waals surface area contributed by atoms with Crippen LogP contribution in [0, 0.1) is 0 Å². The van der Waals surface area contributed by atoms with Crippen LogP contribution in [0.15, 0.2) is 18.3 Å². The predicted molar refractivity (Wildman–Crippen MR) is 106 cm³/mol. The van der Waals surface area contributed by atoms with Gasteiger partial charge in [-0.3, -0.25) is 9.89 Å². The molecular formula is C20H24F3N5O3. The maximum Gasteiger partial charge on any atom is 0.398 e. The van der Waals surface area contributed by atoms with E-state index in [-0.39, 0.29) is 29.1 Å². The summed E-state index contributed by atoms with van der Waals surface area (Å²) in [5.41, 5.74) is 0.0935. The monoisotopic (exact) mass is 439 g/mol. The molecule has 1 amide bonds. The van der Waals surface area contributed by atoms with Crippen LogP contribution in [-0.4, -0.2) is 57.7 Å². The van der Waals surface area contributed by atoms with Gasteiger partial charge in [-0.25, -0.2) is 4.98 Å². The highest BCUT2D eigenvalue weighted by atomic mass is 19.4. The number of fused-ring (bicyclic) bond motifs is 1. The van der Waals surface area contributed by atoms with Crippen LogP contribution in [0.4, 0.5) is 24.8 Å². The lowest BCUT2D eigenvalue weighted by atomic mass is 9.83. The van der Waals surface area contributed by atoms with Gasteiger partial charge in [0.05, 0.1) is 18.0 Å². The summed E-state index contributed by atoms with van der Waals surface area (Å²) in [4.78, 5) is 18.2. The zero-order valence-corrected chi connectivity index (χ0v) is 17.1. The highest BCUT2D eigenvalue weighted by molar-refractivity contribution is 5.97. The summed E-state index contributed by atoms with van der Waals surface area (Å²) >= 11 is 0. The number of anilines is 2. The van der Waals surface area contributed by atoms with Crippen molar-refractivity contribution in [1.82, 2.24) is 15.2 Å². The fourth-order valence-corrected chi connectivity index (χ4v) is 4.22. The molecule has 0 aliphatic carbocycles. The largest absolute Gasteiger partial charge is 0.489 e. The summed E-state index contributed by atoms with van der Waals surface area (Å²) in [6.45, 7) is 5.05. The van der Waals surface area contributed by atoms with E-state index in [0.29, 0.717) is 31.7 Å². The van der Waals surface area contributed by atoms with Gasteiger partial charge >= 0.3 is 6.18 Å². The van der Waals surface area contributed by atoms with Gasteiger partial charge in [0.1, 0.15) is 29.4 Å². The number of aliphatic hydroxyl groups is 1. The van der Waals surface area contributed by atoms with Crippen molar-refractivity contribution in [3.63, 3.8) is 0 Å². The molecule has 0 aromatic carbocycles. The molecule has 4 heterocycles. The third-order valence-corrected chi connectivity index (χ3v) is 5.63. The summed E-state index contributed by atoms with van der Waals surface area (Å²) in [5, 5.41) is 18.8. The molecule has 2 aliphatic heterocycles. The molecule has 0 spiro atoms. The Kier molecular flexibility index (Phi) is 5.54. The van der Waals surface area contributed by atoms with Gasteiger partial charge in [0, 0.05) is 24.6 Å². The fraction of sp³-hybridized carbons (Fsp3) is 0.550. The zero-order valence-electron chi connectivity index (χ0n) is 17.1. The van der Waals surface area contributed by atoms with Gasteiger partial charge in [0.25, 0.3) is 5.91 Å². The molecule has 1 fully saturated rings. The average molecular weight is 439 g/mol. The number of hydrogen-bond donors (Lipinski definition) is 3. The van der Waals surface area contributed by atoms with Crippen molar-refractivity contribution in [2.45, 2.75) is 56.9 Å². The third-order valence-electron chi connectivity index (χ3n) is 5.63. The van der Waals surface area contributed by atoms with Crippen LogP contribution in [0.25, 0.3) is 0 Å². The minimum Gasteiger partial charge on any atom is -0.489 e. The number of halogens is 3. The topological polar surface area (TPSA) is 103 Å². The van der Waals surface area contributed by atoms with E-state index in [1.54, 1.807) is 6.20 Å². The van der Waals surface area contributed by atoms with Crippen LogP contribution in [0.3, 0.4) is 0 Å². The number of aromatic amines is 1. The van der Waals surface area contributed by atoms with E-state index < -0.39 is 24.1 Å². The number of aliphatic hydroxyl groups excluding tert-OH is 1. The summed E-state index contributed by atoms with van der Waals surface area (Å²) in [5.74, 6) is -2.25. The number of hydrogen-bond acceptors (Lipinski definition) is 6. The van der Waals surface area contributed by atoms with Gasteiger partial charge < -0.3 is 20.1 Å². The van der Waals surface area contributed by atoms with Crippen molar-refractivity contribution in [2.75, 3.05) is 23.3 Å². The van der Waals surface area contributed by atoms with Crippen molar-refractivity contribution in [3.05, 3.63) is 29.6 Å². The molecule has 0 saturated carbocycles. The first-order valence-electron chi connectivity index (χ1n) is 10.2. The van der Waals surface area contributed by atoms with E-state index in [9.17, 15) is 23.1 Å². The van der Waals surface area contributed by atoms with Crippen LogP contribution in [-0.2, 0) is 4.79 Å². The van der Waals surface area contributed by atoms with Gasteiger partial charge in [-0.05, 0) is 38.8 Å². The van der Waals surface area contributed by atoms with Crippen LogP contribution >= 0.6 is 0 Å². The Hall–Kier alpha value is -2.82. The SMILES string of the molecule is CC(C)Oc1ccc(N2CCC(c3n[nH]c4c3[C@@H](C(F)(F)F)[C@@H](O)C(=O)N4)CC2)nc1. The van der Waals surface area contributed by atoms with E-state index in [4.69, 9.17) is 4.74 Å². The first-order valence-corrected chi connectivity index (χ1v) is 10.2. The first kappa shape index (κ1) is 21.4. The Morgan fingerprint density at radius 3 is 2.55 bits per heavy atom. The Morgan fingerprint density at radius 2 is 1.97 bits per heavy atom. The summed E-state index contributed by atoms with van der Waals surface area (Å²) < 4.78 is 46.6. The standard InChI is InChI=1S/C20H24F3N5O3/c1-10(2)31-12-3-4-13(24-9-12)28-7-5-11(6-8-28)16-14-15(20(21,22)23)17(29)19(30)25-18(14)27-26-16/h3-4,9-11,15,17,29H,5-8H2,1-2H3,(H2,25,26,27,30)/t15-,17-/m1/s1. The van der Waals surface area contributed by atoms with Crippen molar-refractivity contribution in [2.24, 2.45) is 0 Å². The number of H-pyrrole nitrogens is 1. The molecule has 11 heteroatoms. The van der Waals surface area contributed by atoms with E-state index in [1.807, 2.05) is 26.0 Å². The average Bonchev–Trinajstić information content (AvgIpc) is 3.11. The summed E-state index contributed by atoms with van der Waals surface area (Å²) in [6.07, 6.45) is -4.12. The number of carbonyl (C=O) groups excluding carboxylic acids is 1. The number of ether oxygens (including phenoxy) is 1. The molecule has 0 bridgehead atoms. The van der Waals surface area contributed by atoms with Gasteiger partial charge in [0.15, 0.2) is 0 Å². The molecular weight excluding hydrogens is 415 g/mol. The lowest BCUT2D eigenvalue weighted by molar-refractivity contribution is -0.177. The number of nitrogens with zero attached hydrogens (tertiary/aromatic N) is 3. The quantitative estimate of drug-likeness (QED) is 0.677. The maximum absolute atomic E-state index is 13.7.